The fourth-order valence-electron chi connectivity index (χ4n) is 1.40. The van der Waals surface area contributed by atoms with Crippen molar-refractivity contribution in [1.29, 1.82) is 0 Å². The van der Waals surface area contributed by atoms with Gasteiger partial charge in [0.25, 0.3) is 15.9 Å². The van der Waals surface area contributed by atoms with Crippen molar-refractivity contribution < 1.29 is 13.2 Å². The van der Waals surface area contributed by atoms with Crippen molar-refractivity contribution in [3.63, 3.8) is 0 Å². The average molecular weight is 334 g/mol. The minimum atomic E-state index is -3.96. The van der Waals surface area contributed by atoms with Gasteiger partial charge in [0.2, 0.25) is 0 Å². The van der Waals surface area contributed by atoms with Gasteiger partial charge in [-0.2, -0.15) is 0 Å². The van der Waals surface area contributed by atoms with Crippen LogP contribution in [-0.4, -0.2) is 19.3 Å². The lowest BCUT2D eigenvalue weighted by atomic mass is 10.4. The van der Waals surface area contributed by atoms with Gasteiger partial charge < -0.3 is 4.98 Å². The quantitative estimate of drug-likeness (QED) is 0.747. The summed E-state index contributed by atoms with van der Waals surface area (Å²) in [6.45, 7) is 0. The van der Waals surface area contributed by atoms with E-state index < -0.39 is 15.9 Å². The lowest BCUT2D eigenvalue weighted by Gasteiger charge is -2.08. The van der Waals surface area contributed by atoms with Gasteiger partial charge >= 0.3 is 0 Å². The van der Waals surface area contributed by atoms with Crippen molar-refractivity contribution in [2.45, 2.75) is 4.90 Å². The Kier molecular flexibility index (Phi) is 4.34. The number of carbonyl (C=O) groups excluding carboxylic acids is 1. The molecule has 0 saturated heterocycles. The number of halogens is 2. The molecular formula is C11H9Cl2N3O3S. The maximum Gasteiger partial charge on any atom is 0.282 e. The molecule has 0 bridgehead atoms. The highest BCUT2D eigenvalue weighted by molar-refractivity contribution is 7.89. The number of hydrogen-bond donors (Lipinski definition) is 3. The molecule has 0 saturated carbocycles. The van der Waals surface area contributed by atoms with E-state index in [4.69, 9.17) is 23.2 Å². The molecule has 0 atom stereocenters. The van der Waals surface area contributed by atoms with Gasteiger partial charge in [0.15, 0.2) is 0 Å². The highest BCUT2D eigenvalue weighted by Crippen LogP contribution is 2.21. The highest BCUT2D eigenvalue weighted by atomic mass is 35.5. The molecule has 0 fully saturated rings. The summed E-state index contributed by atoms with van der Waals surface area (Å²) < 4.78 is 23.9. The largest absolute Gasteiger partial charge is 0.357 e. The predicted octanol–water partition coefficient (Wildman–Crippen LogP) is 1.94. The summed E-state index contributed by atoms with van der Waals surface area (Å²) in [5.74, 6) is -0.619. The Morgan fingerprint density at radius 3 is 2.35 bits per heavy atom. The van der Waals surface area contributed by atoms with Crippen LogP contribution in [0.5, 0.6) is 0 Å². The summed E-state index contributed by atoms with van der Waals surface area (Å²) in [4.78, 5) is 16.0. The molecule has 1 heterocycles. The molecule has 6 nitrogen and oxygen atoms in total. The Bertz CT molecular complexity index is 709. The van der Waals surface area contributed by atoms with Crippen LogP contribution in [0, 0.1) is 0 Å². The number of benzene rings is 1. The Morgan fingerprint density at radius 1 is 1.15 bits per heavy atom. The summed E-state index contributed by atoms with van der Waals surface area (Å²) in [6, 6.07) is 6.95. The standard InChI is InChI=1S/C11H9Cl2N3O3S/c12-7-4-8(13)6-9(5-7)20(18,19)16-15-11(17)10-2-1-3-14-10/h1-6,14,16H,(H,15,17). The molecule has 1 aromatic carbocycles. The van der Waals surface area contributed by atoms with E-state index in [0.717, 1.165) is 0 Å². The van der Waals surface area contributed by atoms with Crippen molar-refractivity contribution in [1.82, 2.24) is 15.2 Å². The molecule has 0 spiro atoms. The van der Waals surface area contributed by atoms with Gasteiger partial charge in [0.1, 0.15) is 5.69 Å². The molecule has 1 amide bonds. The van der Waals surface area contributed by atoms with Crippen LogP contribution < -0.4 is 10.3 Å². The summed E-state index contributed by atoms with van der Waals surface area (Å²) in [5, 5.41) is 0.349. The van der Waals surface area contributed by atoms with E-state index in [2.05, 4.69) is 10.4 Å². The third-order valence-corrected chi connectivity index (χ3v) is 3.95. The summed E-state index contributed by atoms with van der Waals surface area (Å²) in [5.41, 5.74) is 2.29. The van der Waals surface area contributed by atoms with E-state index in [1.807, 2.05) is 4.83 Å². The molecule has 20 heavy (non-hydrogen) atoms. The zero-order valence-corrected chi connectivity index (χ0v) is 12.2. The molecule has 106 valence electrons. The van der Waals surface area contributed by atoms with Gasteiger partial charge in [-0.1, -0.05) is 23.2 Å². The first-order valence-electron chi connectivity index (χ1n) is 5.30. The number of aromatic amines is 1. The predicted molar refractivity (Wildman–Crippen MR) is 75.0 cm³/mol. The second kappa shape index (κ2) is 5.84. The van der Waals surface area contributed by atoms with E-state index in [1.165, 1.54) is 24.3 Å². The van der Waals surface area contributed by atoms with Gasteiger partial charge in [0.05, 0.1) is 4.90 Å². The SMILES string of the molecule is O=C(NNS(=O)(=O)c1cc(Cl)cc(Cl)c1)c1ccc[nH]1. The van der Waals surface area contributed by atoms with Crippen molar-refractivity contribution >= 4 is 39.1 Å². The number of H-pyrrole nitrogens is 1. The minimum absolute atomic E-state index is 0.151. The third-order valence-electron chi connectivity index (χ3n) is 2.29. The van der Waals surface area contributed by atoms with Crippen molar-refractivity contribution in [2.75, 3.05) is 0 Å². The number of carbonyl (C=O) groups is 1. The third kappa shape index (κ3) is 3.51. The number of sulfonamides is 1. The minimum Gasteiger partial charge on any atom is -0.357 e. The van der Waals surface area contributed by atoms with Crippen LogP contribution in [0.1, 0.15) is 10.5 Å². The number of hydrazine groups is 1. The average Bonchev–Trinajstić information content (AvgIpc) is 2.88. The van der Waals surface area contributed by atoms with Crippen LogP contribution in [0.3, 0.4) is 0 Å². The Hall–Kier alpha value is -1.54. The molecule has 2 rings (SSSR count). The lowest BCUT2D eigenvalue weighted by Crippen LogP contribution is -2.41. The van der Waals surface area contributed by atoms with Crippen LogP contribution in [0.4, 0.5) is 0 Å². The molecule has 3 N–H and O–H groups in total. The molecule has 2 aromatic rings. The van der Waals surface area contributed by atoms with Crippen molar-refractivity contribution in [3.05, 3.63) is 52.3 Å². The second-order valence-electron chi connectivity index (χ2n) is 3.75. The fourth-order valence-corrected chi connectivity index (χ4v) is 2.96. The van der Waals surface area contributed by atoms with Gasteiger partial charge in [-0.25, -0.2) is 8.42 Å². The summed E-state index contributed by atoms with van der Waals surface area (Å²) in [7, 11) is -3.96. The van der Waals surface area contributed by atoms with Gasteiger partial charge in [-0.3, -0.25) is 10.2 Å². The number of aromatic nitrogens is 1. The maximum absolute atomic E-state index is 12.0. The van der Waals surface area contributed by atoms with E-state index >= 15 is 0 Å². The number of nitrogens with one attached hydrogen (secondary N) is 3. The van der Waals surface area contributed by atoms with Crippen LogP contribution in [0.15, 0.2) is 41.4 Å². The van der Waals surface area contributed by atoms with Crippen LogP contribution >= 0.6 is 23.2 Å². The topological polar surface area (TPSA) is 91.1 Å². The smallest absolute Gasteiger partial charge is 0.282 e. The summed E-state index contributed by atoms with van der Waals surface area (Å²) in [6.07, 6.45) is 1.54. The van der Waals surface area contributed by atoms with E-state index in [9.17, 15) is 13.2 Å². The molecule has 1 aromatic heterocycles. The normalized spacial score (nSPS) is 11.3. The number of amides is 1. The van der Waals surface area contributed by atoms with Crippen LogP contribution in [-0.2, 0) is 10.0 Å². The van der Waals surface area contributed by atoms with Gasteiger partial charge in [-0.05, 0) is 30.3 Å². The first-order chi connectivity index (χ1) is 9.38. The molecule has 0 aliphatic carbocycles. The Morgan fingerprint density at radius 2 is 1.80 bits per heavy atom. The number of hydrogen-bond acceptors (Lipinski definition) is 3. The van der Waals surface area contributed by atoms with E-state index in [1.54, 1.807) is 12.3 Å². The van der Waals surface area contributed by atoms with Gasteiger partial charge in [0, 0.05) is 16.2 Å². The first kappa shape index (κ1) is 14.9. The maximum atomic E-state index is 12.0. The summed E-state index contributed by atoms with van der Waals surface area (Å²) >= 11 is 11.5. The zero-order chi connectivity index (χ0) is 14.8. The monoisotopic (exact) mass is 333 g/mol. The molecule has 0 aliphatic heterocycles. The lowest BCUT2D eigenvalue weighted by molar-refractivity contribution is 0.0940. The molecule has 0 radical (unpaired) electrons. The first-order valence-corrected chi connectivity index (χ1v) is 7.54. The molecular weight excluding hydrogens is 325 g/mol. The van der Waals surface area contributed by atoms with E-state index in [0.29, 0.717) is 0 Å². The Labute approximate surface area is 125 Å². The molecule has 0 unspecified atom stereocenters. The van der Waals surface area contributed by atoms with Crippen molar-refractivity contribution in [2.24, 2.45) is 0 Å². The molecule has 0 aliphatic rings. The van der Waals surface area contributed by atoms with E-state index in [-0.39, 0.29) is 20.6 Å². The van der Waals surface area contributed by atoms with Crippen LogP contribution in [0.25, 0.3) is 0 Å². The van der Waals surface area contributed by atoms with Gasteiger partial charge in [-0.15, -0.1) is 4.83 Å². The van der Waals surface area contributed by atoms with Crippen LogP contribution in [0.2, 0.25) is 10.0 Å². The fraction of sp³-hybridized carbons (Fsp3) is 0. The highest BCUT2D eigenvalue weighted by Gasteiger charge is 2.17. The zero-order valence-electron chi connectivity index (χ0n) is 9.85. The number of rotatable bonds is 4. The molecule has 9 heteroatoms. The Balaban J connectivity index is 2.13. The van der Waals surface area contributed by atoms with Crippen molar-refractivity contribution in [3.8, 4) is 0 Å². The second-order valence-corrected chi connectivity index (χ2v) is 6.30.